The van der Waals surface area contributed by atoms with Crippen LogP contribution in [0.3, 0.4) is 0 Å². The summed E-state index contributed by atoms with van der Waals surface area (Å²) in [5.41, 5.74) is 1.74. The molecule has 2 aromatic carbocycles. The number of nitrogens with zero attached hydrogens (tertiary/aromatic N) is 2. The standard InChI is InChI=1S/C17H18F3N3/c1-4-23(3)10-21-16-8-14(20)9-17(11(16)2)22-15-6-12(18)5-13(19)7-15/h5-10,22H,4H2,1-3H3. The van der Waals surface area contributed by atoms with Crippen molar-refractivity contribution in [1.82, 2.24) is 4.90 Å². The van der Waals surface area contributed by atoms with Gasteiger partial charge in [-0.3, -0.25) is 0 Å². The molecule has 0 spiro atoms. The molecular weight excluding hydrogens is 303 g/mol. The molecule has 0 saturated carbocycles. The zero-order chi connectivity index (χ0) is 17.0. The lowest BCUT2D eigenvalue weighted by Gasteiger charge is -2.13. The van der Waals surface area contributed by atoms with Gasteiger partial charge in [0.2, 0.25) is 0 Å². The lowest BCUT2D eigenvalue weighted by Crippen LogP contribution is -2.14. The molecule has 0 radical (unpaired) electrons. The second-order valence-corrected chi connectivity index (χ2v) is 5.20. The van der Waals surface area contributed by atoms with E-state index in [1.165, 1.54) is 12.1 Å². The summed E-state index contributed by atoms with van der Waals surface area (Å²) in [6.45, 7) is 4.50. The minimum Gasteiger partial charge on any atom is -0.366 e. The van der Waals surface area contributed by atoms with Crippen LogP contribution in [-0.4, -0.2) is 24.8 Å². The van der Waals surface area contributed by atoms with Crippen molar-refractivity contribution in [2.75, 3.05) is 18.9 Å². The normalized spacial score (nSPS) is 11.0. The zero-order valence-corrected chi connectivity index (χ0v) is 13.2. The first-order valence-corrected chi connectivity index (χ1v) is 7.16. The van der Waals surface area contributed by atoms with Gasteiger partial charge in [-0.1, -0.05) is 0 Å². The van der Waals surface area contributed by atoms with Crippen LogP contribution in [0.5, 0.6) is 0 Å². The molecule has 1 N–H and O–H groups in total. The number of hydrogen-bond donors (Lipinski definition) is 1. The van der Waals surface area contributed by atoms with Gasteiger partial charge in [0.25, 0.3) is 0 Å². The average Bonchev–Trinajstić information content (AvgIpc) is 2.47. The maximum absolute atomic E-state index is 13.8. The van der Waals surface area contributed by atoms with Crippen LogP contribution in [0.1, 0.15) is 12.5 Å². The van der Waals surface area contributed by atoms with E-state index in [2.05, 4.69) is 10.3 Å². The summed E-state index contributed by atoms with van der Waals surface area (Å²) >= 11 is 0. The summed E-state index contributed by atoms with van der Waals surface area (Å²) in [7, 11) is 1.85. The van der Waals surface area contributed by atoms with Crippen LogP contribution in [0, 0.1) is 24.4 Å². The number of anilines is 2. The molecule has 0 amide bonds. The number of benzene rings is 2. The van der Waals surface area contributed by atoms with E-state index in [0.717, 1.165) is 24.7 Å². The van der Waals surface area contributed by atoms with Crippen molar-refractivity contribution in [3.63, 3.8) is 0 Å². The Balaban J connectivity index is 2.35. The largest absolute Gasteiger partial charge is 0.366 e. The molecule has 2 aromatic rings. The molecule has 0 aliphatic rings. The fourth-order valence-corrected chi connectivity index (χ4v) is 1.95. The molecule has 3 nitrogen and oxygen atoms in total. The lowest BCUT2D eigenvalue weighted by atomic mass is 10.1. The third-order valence-electron chi connectivity index (χ3n) is 3.38. The summed E-state index contributed by atoms with van der Waals surface area (Å²) < 4.78 is 40.3. The molecule has 0 atom stereocenters. The molecule has 0 aliphatic heterocycles. The highest BCUT2D eigenvalue weighted by Gasteiger charge is 2.09. The number of nitrogens with one attached hydrogen (secondary N) is 1. The summed E-state index contributed by atoms with van der Waals surface area (Å²) in [5, 5.41) is 2.83. The van der Waals surface area contributed by atoms with E-state index in [4.69, 9.17) is 0 Å². The molecule has 0 heterocycles. The Kier molecular flexibility index (Phi) is 5.26. The summed E-state index contributed by atoms with van der Waals surface area (Å²) in [5.74, 6) is -1.89. The Labute approximate surface area is 133 Å². The first kappa shape index (κ1) is 16.9. The maximum atomic E-state index is 13.8. The molecule has 0 aliphatic carbocycles. The highest BCUT2D eigenvalue weighted by Crippen LogP contribution is 2.30. The van der Waals surface area contributed by atoms with E-state index >= 15 is 0 Å². The van der Waals surface area contributed by atoms with Crippen molar-refractivity contribution in [3.8, 4) is 0 Å². The van der Waals surface area contributed by atoms with Gasteiger partial charge in [0, 0.05) is 31.0 Å². The van der Waals surface area contributed by atoms with Gasteiger partial charge in [-0.2, -0.15) is 0 Å². The average molecular weight is 321 g/mol. The second-order valence-electron chi connectivity index (χ2n) is 5.20. The van der Waals surface area contributed by atoms with Crippen molar-refractivity contribution >= 4 is 23.4 Å². The van der Waals surface area contributed by atoms with Crippen molar-refractivity contribution in [1.29, 1.82) is 0 Å². The predicted molar refractivity (Wildman–Crippen MR) is 87.2 cm³/mol. The van der Waals surface area contributed by atoms with Gasteiger partial charge in [0.1, 0.15) is 17.5 Å². The van der Waals surface area contributed by atoms with Crippen molar-refractivity contribution in [2.45, 2.75) is 13.8 Å². The third-order valence-corrected chi connectivity index (χ3v) is 3.38. The topological polar surface area (TPSA) is 27.6 Å². The minimum atomic E-state index is -0.704. The van der Waals surface area contributed by atoms with Crippen molar-refractivity contribution < 1.29 is 13.2 Å². The number of aliphatic imine (C=N–C) groups is 1. The van der Waals surface area contributed by atoms with Crippen LogP contribution < -0.4 is 5.32 Å². The Morgan fingerprint density at radius 1 is 1.04 bits per heavy atom. The quantitative estimate of drug-likeness (QED) is 0.635. The monoisotopic (exact) mass is 321 g/mol. The molecule has 0 unspecified atom stereocenters. The smallest absolute Gasteiger partial charge is 0.128 e. The van der Waals surface area contributed by atoms with Gasteiger partial charge in [0.15, 0.2) is 0 Å². The second kappa shape index (κ2) is 7.17. The Bertz CT molecular complexity index is 709. The molecular formula is C17H18F3N3. The summed E-state index contributed by atoms with van der Waals surface area (Å²) in [6, 6.07) is 5.63. The molecule has 23 heavy (non-hydrogen) atoms. The van der Waals surface area contributed by atoms with Crippen LogP contribution in [0.15, 0.2) is 35.3 Å². The van der Waals surface area contributed by atoms with Crippen LogP contribution in [0.2, 0.25) is 0 Å². The van der Waals surface area contributed by atoms with E-state index < -0.39 is 17.5 Å². The lowest BCUT2D eigenvalue weighted by molar-refractivity contribution is 0.552. The fourth-order valence-electron chi connectivity index (χ4n) is 1.95. The maximum Gasteiger partial charge on any atom is 0.128 e. The van der Waals surface area contributed by atoms with Crippen LogP contribution in [-0.2, 0) is 0 Å². The van der Waals surface area contributed by atoms with Gasteiger partial charge in [0.05, 0.1) is 12.0 Å². The van der Waals surface area contributed by atoms with E-state index in [9.17, 15) is 13.2 Å². The number of hydrogen-bond acceptors (Lipinski definition) is 2. The van der Waals surface area contributed by atoms with Crippen LogP contribution >= 0.6 is 0 Å². The molecule has 0 saturated heterocycles. The van der Waals surface area contributed by atoms with E-state index in [1.807, 2.05) is 18.9 Å². The summed E-state index contributed by atoms with van der Waals surface area (Å²) in [4.78, 5) is 6.09. The molecule has 0 bridgehead atoms. The highest BCUT2D eigenvalue weighted by atomic mass is 19.1. The van der Waals surface area contributed by atoms with Crippen molar-refractivity contribution in [3.05, 3.63) is 53.3 Å². The zero-order valence-electron chi connectivity index (χ0n) is 13.2. The number of halogens is 3. The highest BCUT2D eigenvalue weighted by molar-refractivity contribution is 5.72. The Morgan fingerprint density at radius 2 is 1.65 bits per heavy atom. The van der Waals surface area contributed by atoms with Gasteiger partial charge in [-0.15, -0.1) is 0 Å². The molecule has 6 heteroatoms. The third kappa shape index (κ3) is 4.48. The predicted octanol–water partition coefficient (Wildman–Crippen LogP) is 4.77. The van der Waals surface area contributed by atoms with Crippen LogP contribution in [0.4, 0.5) is 30.2 Å². The van der Waals surface area contributed by atoms with E-state index in [1.54, 1.807) is 13.3 Å². The molecule has 0 aromatic heterocycles. The SMILES string of the molecule is CCN(C)C=Nc1cc(F)cc(Nc2cc(F)cc(F)c2)c1C. The van der Waals surface area contributed by atoms with Gasteiger partial charge < -0.3 is 10.2 Å². The van der Waals surface area contributed by atoms with E-state index in [0.29, 0.717) is 16.9 Å². The first-order chi connectivity index (χ1) is 10.9. The molecule has 122 valence electrons. The van der Waals surface area contributed by atoms with Gasteiger partial charge in [-0.25, -0.2) is 18.2 Å². The van der Waals surface area contributed by atoms with E-state index in [-0.39, 0.29) is 5.69 Å². The Hall–Kier alpha value is -2.50. The van der Waals surface area contributed by atoms with Crippen LogP contribution in [0.25, 0.3) is 0 Å². The van der Waals surface area contributed by atoms with Gasteiger partial charge in [-0.05, 0) is 43.7 Å². The Morgan fingerprint density at radius 3 is 2.26 bits per heavy atom. The first-order valence-electron chi connectivity index (χ1n) is 7.16. The molecule has 2 rings (SSSR count). The molecule has 0 fully saturated rings. The fraction of sp³-hybridized carbons (Fsp3) is 0.235. The summed E-state index contributed by atoms with van der Waals surface area (Å²) in [6.07, 6.45) is 1.60. The minimum absolute atomic E-state index is 0.205. The number of rotatable bonds is 5. The van der Waals surface area contributed by atoms with Crippen molar-refractivity contribution in [2.24, 2.45) is 4.99 Å². The van der Waals surface area contributed by atoms with Gasteiger partial charge >= 0.3 is 0 Å².